The van der Waals surface area contributed by atoms with Gasteiger partial charge < -0.3 is 14.8 Å². The van der Waals surface area contributed by atoms with Crippen molar-refractivity contribution in [3.63, 3.8) is 0 Å². The number of hydrogen-bond donors (Lipinski definition) is 1. The smallest absolute Gasteiger partial charge is 0.415 e. The summed E-state index contributed by atoms with van der Waals surface area (Å²) in [6.45, 7) is 4.48. The van der Waals surface area contributed by atoms with E-state index >= 15 is 0 Å². The third-order valence-electron chi connectivity index (χ3n) is 6.36. The van der Waals surface area contributed by atoms with E-state index < -0.39 is 18.3 Å². The number of methoxy groups -OCH3 is 1. The highest BCUT2D eigenvalue weighted by Crippen LogP contribution is 2.58. The minimum atomic E-state index is -0.571. The summed E-state index contributed by atoms with van der Waals surface area (Å²) in [6.07, 6.45) is 1.17. The Morgan fingerprint density at radius 1 is 1.33 bits per heavy atom. The van der Waals surface area contributed by atoms with E-state index in [1.54, 1.807) is 0 Å². The lowest BCUT2D eigenvalue weighted by Gasteiger charge is -2.16. The molecule has 2 fully saturated rings. The first-order valence-corrected chi connectivity index (χ1v) is 9.64. The zero-order valence-corrected chi connectivity index (χ0v) is 15.8. The van der Waals surface area contributed by atoms with Gasteiger partial charge in [0.1, 0.15) is 11.9 Å². The van der Waals surface area contributed by atoms with Crippen LogP contribution in [0.2, 0.25) is 0 Å². The average Bonchev–Trinajstić information content (AvgIpc) is 3.13. The van der Waals surface area contributed by atoms with Gasteiger partial charge in [-0.1, -0.05) is 32.8 Å². The molecule has 0 radical (unpaired) electrons. The number of alkyl carbamates (subject to hydrolysis) is 1. The summed E-state index contributed by atoms with van der Waals surface area (Å²) in [6, 6.07) is 3.20. The Morgan fingerprint density at radius 2 is 2.04 bits per heavy atom. The molecule has 1 aliphatic carbocycles. The predicted molar refractivity (Wildman–Crippen MR) is 97.4 cm³/mol. The van der Waals surface area contributed by atoms with Gasteiger partial charge in [0.2, 0.25) is 0 Å². The minimum absolute atomic E-state index is 0.168. The van der Waals surface area contributed by atoms with Crippen molar-refractivity contribution in [1.82, 2.24) is 5.32 Å². The zero-order chi connectivity index (χ0) is 19.3. The number of rotatable bonds is 5. The van der Waals surface area contributed by atoms with Crippen LogP contribution in [0.25, 0.3) is 0 Å². The van der Waals surface area contributed by atoms with E-state index in [-0.39, 0.29) is 24.3 Å². The maximum atomic E-state index is 14.9. The maximum absolute atomic E-state index is 14.9. The molecular weight excluding hydrogens is 351 g/mol. The molecule has 3 aliphatic rings. The highest BCUT2D eigenvalue weighted by molar-refractivity contribution is 5.94. The number of carbonyl (C=O) groups is 2. The first-order valence-electron chi connectivity index (χ1n) is 9.64. The van der Waals surface area contributed by atoms with Gasteiger partial charge in [0, 0.05) is 0 Å². The Labute approximate surface area is 158 Å². The van der Waals surface area contributed by atoms with Gasteiger partial charge in [-0.3, -0.25) is 4.90 Å². The number of ether oxygens (including phenoxy) is 2. The van der Waals surface area contributed by atoms with Crippen LogP contribution in [0.5, 0.6) is 0 Å². The lowest BCUT2D eigenvalue weighted by molar-refractivity contribution is 0.123. The van der Waals surface area contributed by atoms with Crippen molar-refractivity contribution in [2.75, 3.05) is 18.6 Å². The summed E-state index contributed by atoms with van der Waals surface area (Å²) >= 11 is 0. The predicted octanol–water partition coefficient (Wildman–Crippen LogP) is 3.58. The minimum Gasteiger partial charge on any atom is -0.453 e. The van der Waals surface area contributed by atoms with Crippen LogP contribution in [0, 0.1) is 17.7 Å². The van der Waals surface area contributed by atoms with Crippen LogP contribution in [0.4, 0.5) is 19.7 Å². The molecule has 0 aromatic heterocycles. The lowest BCUT2D eigenvalue weighted by Crippen LogP contribution is -2.40. The van der Waals surface area contributed by atoms with Gasteiger partial charge in [-0.15, -0.1) is 0 Å². The second-order valence-corrected chi connectivity index (χ2v) is 7.61. The molecule has 1 saturated heterocycles. The Hall–Kier alpha value is -2.31. The molecule has 0 bridgehead atoms. The van der Waals surface area contributed by atoms with Crippen molar-refractivity contribution in [2.45, 2.75) is 51.2 Å². The second kappa shape index (κ2) is 6.69. The maximum Gasteiger partial charge on any atom is 0.415 e. The Morgan fingerprint density at radius 3 is 2.67 bits per heavy atom. The number of fused-ring (bicyclic) bond motifs is 3. The molecule has 1 aromatic carbocycles. The summed E-state index contributed by atoms with van der Waals surface area (Å²) in [5.41, 5.74) is 2.35. The Balaban J connectivity index is 1.57. The highest BCUT2D eigenvalue weighted by Gasteiger charge is 2.51. The number of carbonyl (C=O) groups excluding carboxylic acids is 2. The molecule has 2 aliphatic heterocycles. The topological polar surface area (TPSA) is 67.9 Å². The summed E-state index contributed by atoms with van der Waals surface area (Å²) in [4.78, 5) is 25.2. The van der Waals surface area contributed by atoms with Gasteiger partial charge in [0.25, 0.3) is 0 Å². The fraction of sp³-hybridized carbons (Fsp3) is 0.600. The lowest BCUT2D eigenvalue weighted by atomic mass is 9.99. The third-order valence-corrected chi connectivity index (χ3v) is 6.36. The molecule has 4 rings (SSSR count). The summed E-state index contributed by atoms with van der Waals surface area (Å²) in [5.74, 6) is 1.14. The SMILES string of the molecule is CCC1C(CC)C1c1cc2c(cc1F)N1C(=O)O[C@@H](CNC(=O)OC)[C@@H]1C2. The van der Waals surface area contributed by atoms with Gasteiger partial charge >= 0.3 is 12.2 Å². The van der Waals surface area contributed by atoms with Crippen LogP contribution in [0.3, 0.4) is 0 Å². The van der Waals surface area contributed by atoms with Crippen LogP contribution in [-0.4, -0.2) is 38.0 Å². The Kier molecular flexibility index (Phi) is 4.48. The van der Waals surface area contributed by atoms with Crippen molar-refractivity contribution >= 4 is 17.9 Å². The molecule has 1 aromatic rings. The number of anilines is 1. The molecule has 27 heavy (non-hydrogen) atoms. The highest BCUT2D eigenvalue weighted by atomic mass is 19.1. The van der Waals surface area contributed by atoms with E-state index in [1.165, 1.54) is 18.1 Å². The van der Waals surface area contributed by atoms with E-state index in [1.807, 2.05) is 6.07 Å². The Bertz CT molecular complexity index is 773. The average molecular weight is 376 g/mol. The molecule has 2 heterocycles. The van der Waals surface area contributed by atoms with Gasteiger partial charge in [0.05, 0.1) is 25.4 Å². The third kappa shape index (κ3) is 2.84. The molecule has 2 unspecified atom stereocenters. The number of hydrogen-bond acceptors (Lipinski definition) is 4. The van der Waals surface area contributed by atoms with Gasteiger partial charge in [-0.05, 0) is 41.4 Å². The monoisotopic (exact) mass is 376 g/mol. The van der Waals surface area contributed by atoms with Crippen LogP contribution in [0.1, 0.15) is 43.7 Å². The van der Waals surface area contributed by atoms with Crippen LogP contribution >= 0.6 is 0 Å². The van der Waals surface area contributed by atoms with E-state index in [0.29, 0.717) is 23.9 Å². The number of nitrogens with one attached hydrogen (secondary N) is 1. The van der Waals surface area contributed by atoms with Gasteiger partial charge in [-0.2, -0.15) is 0 Å². The molecule has 7 heteroatoms. The van der Waals surface area contributed by atoms with Crippen molar-refractivity contribution in [3.05, 3.63) is 29.1 Å². The molecule has 2 amide bonds. The number of benzene rings is 1. The second-order valence-electron chi connectivity index (χ2n) is 7.61. The molecule has 6 nitrogen and oxygen atoms in total. The number of cyclic esters (lactones) is 1. The summed E-state index contributed by atoms with van der Waals surface area (Å²) in [5, 5.41) is 2.57. The van der Waals surface area contributed by atoms with E-state index in [9.17, 15) is 14.0 Å². The summed E-state index contributed by atoms with van der Waals surface area (Å²) in [7, 11) is 1.28. The molecule has 146 valence electrons. The number of nitrogens with zero attached hydrogens (tertiary/aromatic N) is 1. The fourth-order valence-corrected chi connectivity index (χ4v) is 5.01. The normalized spacial score (nSPS) is 30.6. The number of halogens is 1. The molecule has 4 atom stereocenters. The quantitative estimate of drug-likeness (QED) is 0.853. The molecule has 1 saturated carbocycles. The van der Waals surface area contributed by atoms with Gasteiger partial charge in [-0.25, -0.2) is 14.0 Å². The van der Waals surface area contributed by atoms with Crippen LogP contribution in [-0.2, 0) is 15.9 Å². The molecule has 0 spiro atoms. The van der Waals surface area contributed by atoms with Crippen molar-refractivity contribution in [1.29, 1.82) is 0 Å². The summed E-state index contributed by atoms with van der Waals surface area (Å²) < 4.78 is 24.8. The van der Waals surface area contributed by atoms with Gasteiger partial charge in [0.15, 0.2) is 0 Å². The van der Waals surface area contributed by atoms with E-state index in [0.717, 1.165) is 24.0 Å². The number of amides is 2. The van der Waals surface area contributed by atoms with Crippen molar-refractivity contribution in [3.8, 4) is 0 Å². The first-order chi connectivity index (χ1) is 13.0. The zero-order valence-electron chi connectivity index (χ0n) is 15.8. The van der Waals surface area contributed by atoms with Crippen LogP contribution in [0.15, 0.2) is 12.1 Å². The van der Waals surface area contributed by atoms with E-state index in [4.69, 9.17) is 4.74 Å². The van der Waals surface area contributed by atoms with E-state index in [2.05, 4.69) is 23.9 Å². The molecular formula is C20H25FN2O4. The fourth-order valence-electron chi connectivity index (χ4n) is 5.01. The van der Waals surface area contributed by atoms with Crippen LogP contribution < -0.4 is 10.2 Å². The molecule has 1 N–H and O–H groups in total. The largest absolute Gasteiger partial charge is 0.453 e. The van der Waals surface area contributed by atoms with Crippen molar-refractivity contribution < 1.29 is 23.5 Å². The first kappa shape index (κ1) is 18.1. The van der Waals surface area contributed by atoms with Crippen molar-refractivity contribution in [2.24, 2.45) is 11.8 Å². The standard InChI is InChI=1S/C20H25FN2O4/c1-4-11-12(5-2)18(11)13-6-10-7-16-17(9-22-19(24)26-3)27-20(25)23(16)15(10)8-14(13)21/h6,8,11-12,16-18H,4-5,7,9H2,1-3H3,(H,22,24)/t11?,12?,16-,17-,18?/m0/s1.